The predicted octanol–water partition coefficient (Wildman–Crippen LogP) is 1.64. The maximum atomic E-state index is 11.6. The van der Waals surface area contributed by atoms with E-state index in [9.17, 15) is 4.79 Å². The topological polar surface area (TPSA) is 67.9 Å². The minimum absolute atomic E-state index is 0.161. The fourth-order valence-electron chi connectivity index (χ4n) is 1.19. The van der Waals surface area contributed by atoms with Crippen molar-refractivity contribution >= 4 is 33.9 Å². The number of hydrogen-bond donors (Lipinski definition) is 1. The molecule has 1 N–H and O–H groups in total. The Morgan fingerprint density at radius 3 is 3.06 bits per heavy atom. The number of halogens is 1. The van der Waals surface area contributed by atoms with Crippen LogP contribution in [0.1, 0.15) is 5.69 Å². The fourth-order valence-corrected chi connectivity index (χ4v) is 2.14. The Morgan fingerprint density at radius 1 is 1.62 bits per heavy atom. The van der Waals surface area contributed by atoms with Gasteiger partial charge in [-0.1, -0.05) is 0 Å². The largest absolute Gasteiger partial charge is 0.378 e. The lowest BCUT2D eigenvalue weighted by Gasteiger charge is -2.03. The summed E-state index contributed by atoms with van der Waals surface area (Å²) in [6, 6.07) is 0. The lowest BCUT2D eigenvalue weighted by atomic mass is 10.4. The second kappa shape index (κ2) is 5.02. The molecular weight excluding hydrogens is 341 g/mol. The van der Waals surface area contributed by atoms with Gasteiger partial charge in [-0.15, -0.1) is 11.3 Å². The van der Waals surface area contributed by atoms with E-state index >= 15 is 0 Å². The van der Waals surface area contributed by atoms with E-state index in [0.717, 1.165) is 0 Å². The third-order valence-electron chi connectivity index (χ3n) is 1.89. The molecule has 2 rings (SSSR count). The highest BCUT2D eigenvalue weighted by molar-refractivity contribution is 14.1. The van der Waals surface area contributed by atoms with Gasteiger partial charge in [0.25, 0.3) is 5.56 Å². The van der Waals surface area contributed by atoms with Crippen LogP contribution in [0.5, 0.6) is 0 Å². The van der Waals surface area contributed by atoms with Gasteiger partial charge >= 0.3 is 0 Å². The molecule has 7 heteroatoms. The first kappa shape index (κ1) is 11.7. The van der Waals surface area contributed by atoms with E-state index in [4.69, 9.17) is 4.74 Å². The molecule has 0 atom stereocenters. The van der Waals surface area contributed by atoms with Crippen LogP contribution in [-0.4, -0.2) is 22.1 Å². The highest BCUT2D eigenvalue weighted by Crippen LogP contribution is 2.15. The molecule has 0 aliphatic rings. The lowest BCUT2D eigenvalue weighted by molar-refractivity contribution is 0.180. The highest BCUT2D eigenvalue weighted by Gasteiger charge is 2.10. The van der Waals surface area contributed by atoms with Crippen LogP contribution in [0.3, 0.4) is 0 Å². The Morgan fingerprint density at radius 2 is 2.44 bits per heavy atom. The Hall–Kier alpha value is -0.800. The van der Waals surface area contributed by atoms with Crippen LogP contribution >= 0.6 is 33.9 Å². The summed E-state index contributed by atoms with van der Waals surface area (Å²) in [5, 5.41) is 1.84. The van der Waals surface area contributed by atoms with Crippen molar-refractivity contribution in [1.82, 2.24) is 15.0 Å². The van der Waals surface area contributed by atoms with Crippen LogP contribution in [0.4, 0.5) is 0 Å². The molecule has 16 heavy (non-hydrogen) atoms. The minimum atomic E-state index is -0.161. The molecule has 0 aromatic carbocycles. The molecule has 0 unspecified atom stereocenters. The average molecular weight is 349 g/mol. The first-order chi connectivity index (χ1) is 7.72. The number of aromatic nitrogens is 3. The van der Waals surface area contributed by atoms with Gasteiger partial charge in [0, 0.05) is 12.5 Å². The molecule has 0 bridgehead atoms. The Kier molecular flexibility index (Phi) is 3.66. The van der Waals surface area contributed by atoms with Gasteiger partial charge < -0.3 is 9.72 Å². The average Bonchev–Trinajstić information content (AvgIpc) is 2.78. The molecule has 0 radical (unpaired) electrons. The van der Waals surface area contributed by atoms with Gasteiger partial charge in [-0.25, -0.2) is 9.97 Å². The van der Waals surface area contributed by atoms with Crippen molar-refractivity contribution < 1.29 is 4.74 Å². The van der Waals surface area contributed by atoms with Crippen molar-refractivity contribution in [3.63, 3.8) is 0 Å². The first-order valence-corrected chi connectivity index (χ1v) is 6.40. The van der Waals surface area contributed by atoms with Crippen LogP contribution < -0.4 is 5.56 Å². The van der Waals surface area contributed by atoms with E-state index in [2.05, 4.69) is 15.0 Å². The molecule has 0 fully saturated rings. The number of nitrogens with zero attached hydrogens (tertiary/aromatic N) is 2. The van der Waals surface area contributed by atoms with E-state index in [0.29, 0.717) is 27.4 Å². The quantitative estimate of drug-likeness (QED) is 0.856. The van der Waals surface area contributed by atoms with E-state index in [1.165, 1.54) is 11.3 Å². The fraction of sp³-hybridized carbons (Fsp3) is 0.222. The standard InChI is InChI=1S/C9H8IN3O2S/c1-15-2-5-7(10)9(14)13-8(12-5)6-3-16-4-11-6/h3-4H,2H2,1H3,(H,12,13,14). The molecule has 0 saturated carbocycles. The maximum absolute atomic E-state index is 11.6. The van der Waals surface area contributed by atoms with Crippen molar-refractivity contribution in [3.8, 4) is 11.5 Å². The molecule has 2 aromatic heterocycles. The highest BCUT2D eigenvalue weighted by atomic mass is 127. The summed E-state index contributed by atoms with van der Waals surface area (Å²) in [6.07, 6.45) is 0. The van der Waals surface area contributed by atoms with Crippen LogP contribution in [0.25, 0.3) is 11.5 Å². The summed E-state index contributed by atoms with van der Waals surface area (Å²) in [5.74, 6) is 0.485. The van der Waals surface area contributed by atoms with E-state index < -0.39 is 0 Å². The molecule has 0 amide bonds. The number of methoxy groups -OCH3 is 1. The third kappa shape index (κ3) is 2.30. The zero-order valence-corrected chi connectivity index (χ0v) is 11.3. The van der Waals surface area contributed by atoms with Crippen LogP contribution in [-0.2, 0) is 11.3 Å². The Bertz CT molecular complexity index is 538. The van der Waals surface area contributed by atoms with Gasteiger partial charge in [-0.2, -0.15) is 0 Å². The number of rotatable bonds is 3. The number of thiazole rings is 1. The normalized spacial score (nSPS) is 10.6. The molecule has 0 spiro atoms. The molecule has 0 aliphatic carbocycles. The number of aromatic amines is 1. The first-order valence-electron chi connectivity index (χ1n) is 4.38. The summed E-state index contributed by atoms with van der Waals surface area (Å²) in [5.41, 5.74) is 2.85. The zero-order valence-electron chi connectivity index (χ0n) is 8.36. The summed E-state index contributed by atoms with van der Waals surface area (Å²) >= 11 is 3.42. The van der Waals surface area contributed by atoms with Crippen LogP contribution in [0.2, 0.25) is 0 Å². The molecule has 0 saturated heterocycles. The molecule has 2 heterocycles. The lowest BCUT2D eigenvalue weighted by Crippen LogP contribution is -2.16. The molecule has 2 aromatic rings. The van der Waals surface area contributed by atoms with Gasteiger partial charge in [-0.3, -0.25) is 4.79 Å². The summed E-state index contributed by atoms with van der Waals surface area (Å²) in [7, 11) is 1.57. The van der Waals surface area contributed by atoms with E-state index in [-0.39, 0.29) is 5.56 Å². The number of H-pyrrole nitrogens is 1. The van der Waals surface area contributed by atoms with Gasteiger partial charge in [0.1, 0.15) is 9.26 Å². The molecule has 0 aliphatic heterocycles. The second-order valence-corrected chi connectivity index (χ2v) is 4.78. The minimum Gasteiger partial charge on any atom is -0.378 e. The second-order valence-electron chi connectivity index (χ2n) is 2.98. The molecular formula is C9H8IN3O2S. The van der Waals surface area contributed by atoms with E-state index in [1.807, 2.05) is 28.0 Å². The third-order valence-corrected chi connectivity index (χ3v) is 3.59. The SMILES string of the molecule is COCc1nc(-c2cscn2)[nH]c(=O)c1I. The van der Waals surface area contributed by atoms with Crippen LogP contribution in [0.15, 0.2) is 15.7 Å². The predicted molar refractivity (Wildman–Crippen MR) is 69.4 cm³/mol. The van der Waals surface area contributed by atoms with Gasteiger partial charge in [0.2, 0.25) is 0 Å². The van der Waals surface area contributed by atoms with Crippen molar-refractivity contribution in [2.24, 2.45) is 0 Å². The Labute approximate surface area is 109 Å². The smallest absolute Gasteiger partial charge is 0.265 e. The van der Waals surface area contributed by atoms with Crippen molar-refractivity contribution in [2.75, 3.05) is 7.11 Å². The summed E-state index contributed by atoms with van der Waals surface area (Å²) in [6.45, 7) is 0.319. The van der Waals surface area contributed by atoms with E-state index in [1.54, 1.807) is 12.6 Å². The van der Waals surface area contributed by atoms with Gasteiger partial charge in [-0.05, 0) is 22.6 Å². The van der Waals surface area contributed by atoms with Crippen molar-refractivity contribution in [2.45, 2.75) is 6.61 Å². The molecule has 84 valence electrons. The number of nitrogens with one attached hydrogen (secondary N) is 1. The Balaban J connectivity index is 2.53. The van der Waals surface area contributed by atoms with Gasteiger partial charge in [0.05, 0.1) is 17.8 Å². The van der Waals surface area contributed by atoms with Crippen LogP contribution in [0, 0.1) is 3.57 Å². The monoisotopic (exact) mass is 349 g/mol. The summed E-state index contributed by atoms with van der Waals surface area (Å²) in [4.78, 5) is 22.8. The number of hydrogen-bond acceptors (Lipinski definition) is 5. The van der Waals surface area contributed by atoms with Crippen molar-refractivity contribution in [3.05, 3.63) is 30.5 Å². The maximum Gasteiger partial charge on any atom is 0.265 e. The zero-order chi connectivity index (χ0) is 11.5. The summed E-state index contributed by atoms with van der Waals surface area (Å²) < 4.78 is 5.55. The van der Waals surface area contributed by atoms with Gasteiger partial charge in [0.15, 0.2) is 5.82 Å². The number of ether oxygens (including phenoxy) is 1. The van der Waals surface area contributed by atoms with Crippen molar-refractivity contribution in [1.29, 1.82) is 0 Å². The molecule has 5 nitrogen and oxygen atoms in total.